The SMILES string of the molecule is COc1ccc(OC)c(/C=C(\C#N)C(=O)Nc2cccc(C)c2)c1. The lowest BCUT2D eigenvalue weighted by atomic mass is 10.1. The molecular formula is C19H18N2O3. The molecule has 0 atom stereocenters. The molecule has 122 valence electrons. The van der Waals surface area contributed by atoms with Crippen molar-refractivity contribution in [2.24, 2.45) is 0 Å². The molecule has 2 aromatic rings. The Morgan fingerprint density at radius 3 is 2.58 bits per heavy atom. The summed E-state index contributed by atoms with van der Waals surface area (Å²) in [6, 6.07) is 14.5. The van der Waals surface area contributed by atoms with Gasteiger partial charge in [0.1, 0.15) is 23.1 Å². The average molecular weight is 322 g/mol. The van der Waals surface area contributed by atoms with Crippen LogP contribution >= 0.6 is 0 Å². The van der Waals surface area contributed by atoms with Crippen LogP contribution in [0.15, 0.2) is 48.0 Å². The van der Waals surface area contributed by atoms with Gasteiger partial charge in [0.2, 0.25) is 0 Å². The number of aryl methyl sites for hydroxylation is 1. The standard InChI is InChI=1S/C19H18N2O3/c1-13-5-4-6-16(9-13)21-19(22)15(12-20)10-14-11-17(23-2)7-8-18(14)24-3/h4-11H,1-3H3,(H,21,22)/b15-10+. The third kappa shape index (κ3) is 4.14. The number of hydrogen-bond donors (Lipinski definition) is 1. The number of anilines is 1. The molecule has 5 nitrogen and oxygen atoms in total. The molecule has 0 saturated carbocycles. The van der Waals surface area contributed by atoms with Crippen molar-refractivity contribution in [1.82, 2.24) is 0 Å². The monoisotopic (exact) mass is 322 g/mol. The van der Waals surface area contributed by atoms with Crippen LogP contribution in [0, 0.1) is 18.3 Å². The molecule has 2 aromatic carbocycles. The summed E-state index contributed by atoms with van der Waals surface area (Å²) in [5.41, 5.74) is 2.22. The van der Waals surface area contributed by atoms with Crippen LogP contribution in [0.4, 0.5) is 5.69 Å². The van der Waals surface area contributed by atoms with Gasteiger partial charge in [-0.1, -0.05) is 12.1 Å². The number of benzene rings is 2. The Bertz CT molecular complexity index is 820. The maximum atomic E-state index is 12.3. The average Bonchev–Trinajstić information content (AvgIpc) is 2.59. The number of ether oxygens (including phenoxy) is 2. The van der Waals surface area contributed by atoms with Crippen LogP contribution in [0.1, 0.15) is 11.1 Å². The normalized spacial score (nSPS) is 10.7. The summed E-state index contributed by atoms with van der Waals surface area (Å²) < 4.78 is 10.4. The highest BCUT2D eigenvalue weighted by molar-refractivity contribution is 6.09. The summed E-state index contributed by atoms with van der Waals surface area (Å²) in [6.07, 6.45) is 1.48. The Labute approximate surface area is 141 Å². The van der Waals surface area contributed by atoms with Crippen molar-refractivity contribution in [3.05, 3.63) is 59.2 Å². The molecule has 0 saturated heterocycles. The lowest BCUT2D eigenvalue weighted by Gasteiger charge is -2.08. The van der Waals surface area contributed by atoms with Gasteiger partial charge < -0.3 is 14.8 Å². The topological polar surface area (TPSA) is 71.3 Å². The van der Waals surface area contributed by atoms with E-state index in [1.807, 2.05) is 31.2 Å². The van der Waals surface area contributed by atoms with Crippen LogP contribution in [0.2, 0.25) is 0 Å². The fourth-order valence-electron chi connectivity index (χ4n) is 2.18. The summed E-state index contributed by atoms with van der Waals surface area (Å²) in [5.74, 6) is 0.679. The van der Waals surface area contributed by atoms with Crippen molar-refractivity contribution < 1.29 is 14.3 Å². The van der Waals surface area contributed by atoms with E-state index >= 15 is 0 Å². The van der Waals surface area contributed by atoms with E-state index in [4.69, 9.17) is 9.47 Å². The molecule has 0 radical (unpaired) electrons. The fourth-order valence-corrected chi connectivity index (χ4v) is 2.18. The molecule has 0 aromatic heterocycles. The highest BCUT2D eigenvalue weighted by atomic mass is 16.5. The summed E-state index contributed by atoms with van der Waals surface area (Å²) in [5, 5.41) is 12.0. The van der Waals surface area contributed by atoms with Crippen LogP contribution in [0.25, 0.3) is 6.08 Å². The first kappa shape index (κ1) is 17.1. The number of carbonyl (C=O) groups is 1. The number of nitrogens with zero attached hydrogens (tertiary/aromatic N) is 1. The van der Waals surface area contributed by atoms with Crippen molar-refractivity contribution in [2.75, 3.05) is 19.5 Å². The fraction of sp³-hybridized carbons (Fsp3) is 0.158. The van der Waals surface area contributed by atoms with Gasteiger partial charge in [0, 0.05) is 11.3 Å². The number of nitriles is 1. The van der Waals surface area contributed by atoms with Gasteiger partial charge in [-0.05, 0) is 48.9 Å². The third-order valence-corrected chi connectivity index (χ3v) is 3.38. The maximum Gasteiger partial charge on any atom is 0.266 e. The van der Waals surface area contributed by atoms with Crippen molar-refractivity contribution in [3.8, 4) is 17.6 Å². The third-order valence-electron chi connectivity index (χ3n) is 3.38. The van der Waals surface area contributed by atoms with Gasteiger partial charge in [-0.3, -0.25) is 4.79 Å². The Kier molecular flexibility index (Phi) is 5.58. The van der Waals surface area contributed by atoms with E-state index in [0.717, 1.165) is 5.56 Å². The minimum atomic E-state index is -0.479. The smallest absolute Gasteiger partial charge is 0.266 e. The molecule has 0 unspecified atom stereocenters. The minimum absolute atomic E-state index is 0.0249. The lowest BCUT2D eigenvalue weighted by Crippen LogP contribution is -2.13. The zero-order chi connectivity index (χ0) is 17.5. The molecule has 24 heavy (non-hydrogen) atoms. The highest BCUT2D eigenvalue weighted by Crippen LogP contribution is 2.26. The highest BCUT2D eigenvalue weighted by Gasteiger charge is 2.12. The van der Waals surface area contributed by atoms with E-state index in [9.17, 15) is 10.1 Å². The first-order valence-corrected chi connectivity index (χ1v) is 7.29. The van der Waals surface area contributed by atoms with E-state index in [0.29, 0.717) is 22.7 Å². The molecule has 5 heteroatoms. The Morgan fingerprint density at radius 2 is 1.96 bits per heavy atom. The second kappa shape index (κ2) is 7.84. The van der Waals surface area contributed by atoms with Gasteiger partial charge >= 0.3 is 0 Å². The summed E-state index contributed by atoms with van der Waals surface area (Å²) >= 11 is 0. The molecule has 0 fully saturated rings. The van der Waals surface area contributed by atoms with Crippen molar-refractivity contribution in [2.45, 2.75) is 6.92 Å². The van der Waals surface area contributed by atoms with E-state index < -0.39 is 5.91 Å². The van der Waals surface area contributed by atoms with Crippen molar-refractivity contribution >= 4 is 17.7 Å². The summed E-state index contributed by atoms with van der Waals surface area (Å²) in [6.45, 7) is 1.93. The van der Waals surface area contributed by atoms with Crippen molar-refractivity contribution in [1.29, 1.82) is 5.26 Å². The van der Waals surface area contributed by atoms with Crippen LogP contribution < -0.4 is 14.8 Å². The molecular weight excluding hydrogens is 304 g/mol. The van der Waals surface area contributed by atoms with Crippen LogP contribution in [-0.2, 0) is 4.79 Å². The maximum absolute atomic E-state index is 12.3. The van der Waals surface area contributed by atoms with E-state index in [1.54, 1.807) is 31.4 Å². The largest absolute Gasteiger partial charge is 0.497 e. The number of amides is 1. The molecule has 2 rings (SSSR count). The van der Waals surface area contributed by atoms with E-state index in [1.165, 1.54) is 13.2 Å². The molecule has 0 aliphatic rings. The molecule has 0 aliphatic carbocycles. The zero-order valence-corrected chi connectivity index (χ0v) is 13.8. The van der Waals surface area contributed by atoms with Crippen molar-refractivity contribution in [3.63, 3.8) is 0 Å². The molecule has 0 spiro atoms. The molecule has 1 N–H and O–H groups in total. The van der Waals surface area contributed by atoms with E-state index in [-0.39, 0.29) is 5.57 Å². The molecule has 0 bridgehead atoms. The number of carbonyl (C=O) groups excluding carboxylic acids is 1. The second-order valence-electron chi connectivity index (χ2n) is 5.10. The van der Waals surface area contributed by atoms with Gasteiger partial charge in [0.15, 0.2) is 0 Å². The first-order valence-electron chi connectivity index (χ1n) is 7.29. The number of nitrogens with one attached hydrogen (secondary N) is 1. The van der Waals surface area contributed by atoms with Crippen LogP contribution in [0.3, 0.4) is 0 Å². The van der Waals surface area contributed by atoms with Crippen LogP contribution in [-0.4, -0.2) is 20.1 Å². The molecule has 0 heterocycles. The first-order chi connectivity index (χ1) is 11.6. The molecule has 0 aliphatic heterocycles. The second-order valence-corrected chi connectivity index (χ2v) is 5.10. The van der Waals surface area contributed by atoms with Gasteiger partial charge in [0.05, 0.1) is 14.2 Å². The molecule has 1 amide bonds. The van der Waals surface area contributed by atoms with Crippen LogP contribution in [0.5, 0.6) is 11.5 Å². The predicted octanol–water partition coefficient (Wildman–Crippen LogP) is 3.56. The summed E-state index contributed by atoms with van der Waals surface area (Å²) in [4.78, 5) is 12.3. The van der Waals surface area contributed by atoms with Gasteiger partial charge in [-0.25, -0.2) is 0 Å². The quantitative estimate of drug-likeness (QED) is 0.675. The van der Waals surface area contributed by atoms with Gasteiger partial charge in [-0.2, -0.15) is 5.26 Å². The number of rotatable bonds is 5. The summed E-state index contributed by atoms with van der Waals surface area (Å²) in [7, 11) is 3.07. The van der Waals surface area contributed by atoms with Gasteiger partial charge in [-0.15, -0.1) is 0 Å². The lowest BCUT2D eigenvalue weighted by molar-refractivity contribution is -0.112. The predicted molar refractivity (Wildman–Crippen MR) is 92.9 cm³/mol. The Balaban J connectivity index is 2.32. The zero-order valence-electron chi connectivity index (χ0n) is 13.8. The Hall–Kier alpha value is -3.26. The minimum Gasteiger partial charge on any atom is -0.497 e. The van der Waals surface area contributed by atoms with Gasteiger partial charge in [0.25, 0.3) is 5.91 Å². The number of hydrogen-bond acceptors (Lipinski definition) is 4. The Morgan fingerprint density at radius 1 is 1.17 bits per heavy atom. The number of methoxy groups -OCH3 is 2. The van der Waals surface area contributed by atoms with E-state index in [2.05, 4.69) is 5.32 Å².